The Hall–Kier alpha value is -0.940. The molecule has 0 bridgehead atoms. The van der Waals surface area contributed by atoms with Gasteiger partial charge in [0.15, 0.2) is 5.96 Å². The lowest BCUT2D eigenvalue weighted by Gasteiger charge is -2.27. The molecule has 0 aliphatic carbocycles. The van der Waals surface area contributed by atoms with Crippen molar-refractivity contribution in [3.05, 3.63) is 35.4 Å². The van der Waals surface area contributed by atoms with Gasteiger partial charge in [0.25, 0.3) is 0 Å². The molecule has 0 atom stereocenters. The minimum atomic E-state index is 0. The monoisotopic (exact) mass is 492 g/mol. The molecule has 2 rings (SSSR count). The predicted octanol–water partition coefficient (Wildman–Crippen LogP) is 1.46. The van der Waals surface area contributed by atoms with Crippen molar-refractivity contribution < 1.29 is 14.2 Å². The van der Waals surface area contributed by atoms with E-state index in [4.69, 9.17) is 14.2 Å². The second kappa shape index (κ2) is 15.0. The Morgan fingerprint density at radius 3 is 2.56 bits per heavy atom. The molecule has 7 nitrogen and oxygen atoms in total. The Kier molecular flexibility index (Phi) is 13.4. The Morgan fingerprint density at radius 1 is 1.11 bits per heavy atom. The van der Waals surface area contributed by atoms with Gasteiger partial charge in [0.2, 0.25) is 0 Å². The fourth-order valence-corrected chi connectivity index (χ4v) is 2.77. The first-order valence-corrected chi connectivity index (χ1v) is 9.21. The van der Waals surface area contributed by atoms with Crippen LogP contribution < -0.4 is 10.6 Å². The maximum Gasteiger partial charge on any atom is 0.191 e. The van der Waals surface area contributed by atoms with Gasteiger partial charge < -0.3 is 24.8 Å². The molecule has 0 aromatic heterocycles. The van der Waals surface area contributed by atoms with E-state index >= 15 is 0 Å². The largest absolute Gasteiger partial charge is 0.382 e. The van der Waals surface area contributed by atoms with E-state index in [9.17, 15) is 0 Å². The van der Waals surface area contributed by atoms with Crippen LogP contribution in [0.5, 0.6) is 0 Å². The molecule has 154 valence electrons. The van der Waals surface area contributed by atoms with Crippen LogP contribution in [0.2, 0.25) is 0 Å². The maximum atomic E-state index is 5.45. The van der Waals surface area contributed by atoms with Gasteiger partial charge in [-0.2, -0.15) is 0 Å². The highest BCUT2D eigenvalue weighted by atomic mass is 127. The summed E-state index contributed by atoms with van der Waals surface area (Å²) in [6, 6.07) is 8.56. The fraction of sp³-hybridized carbons (Fsp3) is 0.632. The number of hydrogen-bond acceptors (Lipinski definition) is 5. The maximum absolute atomic E-state index is 5.45. The summed E-state index contributed by atoms with van der Waals surface area (Å²) in [5, 5.41) is 6.64. The average molecular weight is 492 g/mol. The van der Waals surface area contributed by atoms with Crippen LogP contribution >= 0.6 is 24.0 Å². The van der Waals surface area contributed by atoms with E-state index in [-0.39, 0.29) is 24.0 Å². The van der Waals surface area contributed by atoms with Gasteiger partial charge in [-0.15, -0.1) is 24.0 Å². The van der Waals surface area contributed by atoms with Gasteiger partial charge in [-0.1, -0.05) is 24.3 Å². The van der Waals surface area contributed by atoms with Gasteiger partial charge in [0.1, 0.15) is 0 Å². The summed E-state index contributed by atoms with van der Waals surface area (Å²) >= 11 is 0. The normalized spacial score (nSPS) is 15.3. The zero-order valence-corrected chi connectivity index (χ0v) is 18.7. The lowest BCUT2D eigenvalue weighted by atomic mass is 10.1. The van der Waals surface area contributed by atoms with E-state index in [1.165, 1.54) is 11.1 Å². The molecular weight excluding hydrogens is 459 g/mol. The number of ether oxygens (including phenoxy) is 3. The van der Waals surface area contributed by atoms with Crippen LogP contribution in [0.4, 0.5) is 0 Å². The van der Waals surface area contributed by atoms with Crippen LogP contribution in [-0.4, -0.2) is 77.7 Å². The molecule has 2 N–H and O–H groups in total. The van der Waals surface area contributed by atoms with E-state index in [1.807, 2.05) is 0 Å². The minimum Gasteiger partial charge on any atom is -0.382 e. The number of benzene rings is 1. The molecule has 8 heteroatoms. The van der Waals surface area contributed by atoms with Crippen LogP contribution in [0.3, 0.4) is 0 Å². The predicted molar refractivity (Wildman–Crippen MR) is 119 cm³/mol. The van der Waals surface area contributed by atoms with Gasteiger partial charge in [-0.3, -0.25) is 9.89 Å². The summed E-state index contributed by atoms with van der Waals surface area (Å²) in [5.74, 6) is 0.779. The fourth-order valence-electron chi connectivity index (χ4n) is 2.77. The number of aliphatic imine (C=N–C) groups is 1. The second-order valence-corrected chi connectivity index (χ2v) is 6.11. The topological polar surface area (TPSA) is 67.4 Å². The van der Waals surface area contributed by atoms with Crippen LogP contribution in [0, 0.1) is 0 Å². The summed E-state index contributed by atoms with van der Waals surface area (Å²) in [6.07, 6.45) is 0. The van der Waals surface area contributed by atoms with Crippen molar-refractivity contribution in [1.82, 2.24) is 15.5 Å². The second-order valence-electron chi connectivity index (χ2n) is 6.11. The molecule has 1 aromatic carbocycles. The van der Waals surface area contributed by atoms with Crippen LogP contribution in [0.1, 0.15) is 11.1 Å². The van der Waals surface area contributed by atoms with Crippen molar-refractivity contribution in [3.63, 3.8) is 0 Å². The van der Waals surface area contributed by atoms with Gasteiger partial charge >= 0.3 is 0 Å². The quantitative estimate of drug-likeness (QED) is 0.223. The third kappa shape index (κ3) is 9.70. The highest BCUT2D eigenvalue weighted by Gasteiger charge is 2.12. The molecule has 1 aromatic rings. The standard InChI is InChI=1S/C19H32N4O3.HI/c1-20-19(21-7-10-25-14-13-24-2)22-15-17-5-3-4-6-18(17)16-23-8-11-26-12-9-23;/h3-6H,7-16H2,1-2H3,(H2,20,21,22);1H. The lowest BCUT2D eigenvalue weighted by Crippen LogP contribution is -2.39. The number of rotatable bonds is 10. The Balaban J connectivity index is 0.00000364. The van der Waals surface area contributed by atoms with Gasteiger partial charge in [-0.25, -0.2) is 0 Å². The van der Waals surface area contributed by atoms with Crippen molar-refractivity contribution in [2.45, 2.75) is 13.1 Å². The number of nitrogens with one attached hydrogen (secondary N) is 2. The van der Waals surface area contributed by atoms with Crippen molar-refractivity contribution in [2.75, 3.05) is 66.8 Å². The molecule has 1 aliphatic heterocycles. The minimum absolute atomic E-state index is 0. The zero-order chi connectivity index (χ0) is 18.5. The summed E-state index contributed by atoms with van der Waals surface area (Å²) < 4.78 is 15.8. The summed E-state index contributed by atoms with van der Waals surface area (Å²) in [6.45, 7) is 7.89. The third-order valence-corrected chi connectivity index (χ3v) is 4.26. The zero-order valence-electron chi connectivity index (χ0n) is 16.4. The molecule has 0 spiro atoms. The third-order valence-electron chi connectivity index (χ3n) is 4.26. The van der Waals surface area contributed by atoms with Crippen LogP contribution in [0.15, 0.2) is 29.3 Å². The molecule has 1 fully saturated rings. The first kappa shape index (κ1) is 24.1. The number of hydrogen-bond donors (Lipinski definition) is 2. The van der Waals surface area contributed by atoms with E-state index in [0.29, 0.717) is 26.4 Å². The number of methoxy groups -OCH3 is 1. The number of guanidine groups is 1. The average Bonchev–Trinajstić information content (AvgIpc) is 2.69. The van der Waals surface area contributed by atoms with E-state index in [0.717, 1.165) is 45.4 Å². The highest BCUT2D eigenvalue weighted by molar-refractivity contribution is 14.0. The van der Waals surface area contributed by atoms with Gasteiger partial charge in [-0.05, 0) is 11.1 Å². The molecule has 0 amide bonds. The van der Waals surface area contributed by atoms with Crippen molar-refractivity contribution >= 4 is 29.9 Å². The Bertz CT molecular complexity index is 539. The van der Waals surface area contributed by atoms with E-state index in [1.54, 1.807) is 14.2 Å². The number of halogens is 1. The highest BCUT2D eigenvalue weighted by Crippen LogP contribution is 2.12. The molecular formula is C19H33IN4O3. The summed E-state index contributed by atoms with van der Waals surface area (Å²) in [5.41, 5.74) is 2.64. The Morgan fingerprint density at radius 2 is 1.85 bits per heavy atom. The molecule has 0 saturated carbocycles. The molecule has 0 unspecified atom stereocenters. The number of nitrogens with zero attached hydrogens (tertiary/aromatic N) is 2. The van der Waals surface area contributed by atoms with Gasteiger partial charge in [0, 0.05) is 46.9 Å². The Labute approximate surface area is 179 Å². The molecule has 0 radical (unpaired) electrons. The summed E-state index contributed by atoms with van der Waals surface area (Å²) in [4.78, 5) is 6.71. The molecule has 27 heavy (non-hydrogen) atoms. The van der Waals surface area contributed by atoms with E-state index < -0.39 is 0 Å². The smallest absolute Gasteiger partial charge is 0.191 e. The van der Waals surface area contributed by atoms with Gasteiger partial charge in [0.05, 0.1) is 33.0 Å². The van der Waals surface area contributed by atoms with E-state index in [2.05, 4.69) is 44.8 Å². The molecule has 1 heterocycles. The summed E-state index contributed by atoms with van der Waals surface area (Å²) in [7, 11) is 3.45. The molecule has 1 aliphatic rings. The first-order valence-electron chi connectivity index (χ1n) is 9.21. The van der Waals surface area contributed by atoms with Crippen molar-refractivity contribution in [2.24, 2.45) is 4.99 Å². The van der Waals surface area contributed by atoms with Crippen LogP contribution in [0.25, 0.3) is 0 Å². The van der Waals surface area contributed by atoms with Crippen molar-refractivity contribution in [1.29, 1.82) is 0 Å². The SMILES string of the molecule is CN=C(NCCOCCOC)NCc1ccccc1CN1CCOCC1.I. The lowest BCUT2D eigenvalue weighted by molar-refractivity contribution is 0.0341. The van der Waals surface area contributed by atoms with Crippen molar-refractivity contribution in [3.8, 4) is 0 Å². The van der Waals surface area contributed by atoms with Crippen LogP contribution in [-0.2, 0) is 27.3 Å². The molecule has 1 saturated heterocycles. The first-order chi connectivity index (χ1) is 12.8. The number of morpholine rings is 1.